The van der Waals surface area contributed by atoms with Gasteiger partial charge in [0.05, 0.1) is 6.54 Å². The minimum Gasteiger partial charge on any atom is -0.347 e. The van der Waals surface area contributed by atoms with Crippen LogP contribution in [0.25, 0.3) is 0 Å². The maximum atomic E-state index is 12.7. The van der Waals surface area contributed by atoms with Gasteiger partial charge in [0.1, 0.15) is 0 Å². The molecule has 0 radical (unpaired) electrons. The highest BCUT2D eigenvalue weighted by molar-refractivity contribution is 5.82. The van der Waals surface area contributed by atoms with Gasteiger partial charge in [-0.15, -0.1) is 0 Å². The number of benzene rings is 1. The molecular formula is C19H27N5O2. The topological polar surface area (TPSA) is 74.5 Å². The van der Waals surface area contributed by atoms with Crippen molar-refractivity contribution in [2.45, 2.75) is 32.9 Å². The van der Waals surface area contributed by atoms with Crippen molar-refractivity contribution in [3.63, 3.8) is 0 Å². The summed E-state index contributed by atoms with van der Waals surface area (Å²) in [5.41, 5.74) is 0.964. The van der Waals surface area contributed by atoms with Crippen LogP contribution in [0.2, 0.25) is 0 Å². The first kappa shape index (κ1) is 18.4. The smallest absolute Gasteiger partial charge is 0.265 e. The molecule has 140 valence electrons. The summed E-state index contributed by atoms with van der Waals surface area (Å²) in [6.07, 6.45) is 1.69. The van der Waals surface area contributed by atoms with E-state index in [0.29, 0.717) is 11.8 Å². The summed E-state index contributed by atoms with van der Waals surface area (Å²) >= 11 is 0. The van der Waals surface area contributed by atoms with Gasteiger partial charge in [-0.25, -0.2) is 0 Å². The molecule has 1 aliphatic rings. The number of aromatic nitrogens is 2. The molecule has 0 aliphatic carbocycles. The molecule has 1 amide bonds. The van der Waals surface area contributed by atoms with Crippen LogP contribution in [-0.4, -0.2) is 48.1 Å². The first-order valence-electron chi connectivity index (χ1n) is 9.01. The molecule has 0 spiro atoms. The SMILES string of the molecule is CN(C)c1noc(CNC(=O)C2(C)CCN(Cc3ccccc3)CC2)n1. The van der Waals surface area contributed by atoms with Crippen molar-refractivity contribution in [2.24, 2.45) is 5.41 Å². The molecule has 0 unspecified atom stereocenters. The van der Waals surface area contributed by atoms with E-state index in [0.717, 1.165) is 32.5 Å². The Bertz CT molecular complexity index is 721. The quantitative estimate of drug-likeness (QED) is 0.853. The summed E-state index contributed by atoms with van der Waals surface area (Å²) in [4.78, 5) is 21.1. The summed E-state index contributed by atoms with van der Waals surface area (Å²) in [5, 5.41) is 6.81. The molecule has 2 aromatic rings. The van der Waals surface area contributed by atoms with Crippen LogP contribution in [0.1, 0.15) is 31.2 Å². The lowest BCUT2D eigenvalue weighted by atomic mass is 9.79. The number of anilines is 1. The molecule has 1 fully saturated rings. The van der Waals surface area contributed by atoms with Crippen LogP contribution in [0.15, 0.2) is 34.9 Å². The van der Waals surface area contributed by atoms with E-state index in [1.54, 1.807) is 4.90 Å². The second-order valence-corrected chi connectivity index (χ2v) is 7.39. The van der Waals surface area contributed by atoms with Gasteiger partial charge in [-0.3, -0.25) is 9.69 Å². The van der Waals surface area contributed by atoms with Gasteiger partial charge in [-0.05, 0) is 36.7 Å². The van der Waals surface area contributed by atoms with E-state index in [1.165, 1.54) is 5.56 Å². The Labute approximate surface area is 154 Å². The maximum Gasteiger partial charge on any atom is 0.265 e. The fraction of sp³-hybridized carbons (Fsp3) is 0.526. The Balaban J connectivity index is 1.48. The molecule has 1 saturated heterocycles. The van der Waals surface area contributed by atoms with Crippen LogP contribution in [-0.2, 0) is 17.9 Å². The largest absolute Gasteiger partial charge is 0.347 e. The van der Waals surface area contributed by atoms with Crippen LogP contribution in [0.3, 0.4) is 0 Å². The summed E-state index contributed by atoms with van der Waals surface area (Å²) in [6, 6.07) is 10.5. The number of carbonyl (C=O) groups is 1. The van der Waals surface area contributed by atoms with Crippen molar-refractivity contribution in [1.29, 1.82) is 0 Å². The van der Waals surface area contributed by atoms with Crippen molar-refractivity contribution in [3.8, 4) is 0 Å². The molecule has 1 aromatic heterocycles. The first-order valence-corrected chi connectivity index (χ1v) is 9.01. The number of piperidine rings is 1. The van der Waals surface area contributed by atoms with E-state index in [-0.39, 0.29) is 17.9 Å². The predicted octanol–water partition coefficient (Wildman–Crippen LogP) is 2.05. The molecule has 2 heterocycles. The van der Waals surface area contributed by atoms with Gasteiger partial charge in [0.25, 0.3) is 5.95 Å². The molecule has 3 rings (SSSR count). The monoisotopic (exact) mass is 357 g/mol. The molecular weight excluding hydrogens is 330 g/mol. The zero-order chi connectivity index (χ0) is 18.6. The van der Waals surface area contributed by atoms with E-state index < -0.39 is 0 Å². The molecule has 0 atom stereocenters. The van der Waals surface area contributed by atoms with Gasteiger partial charge < -0.3 is 14.7 Å². The predicted molar refractivity (Wildman–Crippen MR) is 99.5 cm³/mol. The van der Waals surface area contributed by atoms with Gasteiger partial charge in [-0.2, -0.15) is 4.98 Å². The van der Waals surface area contributed by atoms with Crippen molar-refractivity contribution < 1.29 is 9.32 Å². The Morgan fingerprint density at radius 1 is 1.27 bits per heavy atom. The minimum atomic E-state index is -0.350. The molecule has 7 nitrogen and oxygen atoms in total. The van der Waals surface area contributed by atoms with Crippen LogP contribution in [0.5, 0.6) is 0 Å². The molecule has 26 heavy (non-hydrogen) atoms. The number of likely N-dealkylation sites (tertiary alicyclic amines) is 1. The number of carbonyl (C=O) groups excluding carboxylic acids is 1. The van der Waals surface area contributed by atoms with E-state index in [9.17, 15) is 4.79 Å². The lowest BCUT2D eigenvalue weighted by Crippen LogP contribution is -2.46. The summed E-state index contributed by atoms with van der Waals surface area (Å²) in [7, 11) is 3.69. The molecule has 1 aromatic carbocycles. The lowest BCUT2D eigenvalue weighted by Gasteiger charge is -2.38. The van der Waals surface area contributed by atoms with Crippen LogP contribution < -0.4 is 10.2 Å². The standard InChI is InChI=1S/C19H27N5O2/c1-19(17(25)20-13-16-21-18(22-26-16)23(2)3)9-11-24(12-10-19)14-15-7-5-4-6-8-15/h4-8H,9-14H2,1-3H3,(H,20,25). The third kappa shape index (κ3) is 4.40. The number of nitrogens with zero attached hydrogens (tertiary/aromatic N) is 4. The van der Waals surface area contributed by atoms with Crippen molar-refractivity contribution in [2.75, 3.05) is 32.1 Å². The van der Waals surface area contributed by atoms with Gasteiger partial charge in [0.15, 0.2) is 0 Å². The summed E-state index contributed by atoms with van der Waals surface area (Å²) < 4.78 is 5.15. The maximum absolute atomic E-state index is 12.7. The number of nitrogens with one attached hydrogen (secondary N) is 1. The lowest BCUT2D eigenvalue weighted by molar-refractivity contribution is -0.133. The molecule has 7 heteroatoms. The Hall–Kier alpha value is -2.41. The van der Waals surface area contributed by atoms with Crippen molar-refractivity contribution in [3.05, 3.63) is 41.8 Å². The fourth-order valence-corrected chi connectivity index (χ4v) is 3.14. The van der Waals surface area contributed by atoms with Gasteiger partial charge in [-0.1, -0.05) is 37.3 Å². The highest BCUT2D eigenvalue weighted by atomic mass is 16.5. The average molecular weight is 357 g/mol. The average Bonchev–Trinajstić information content (AvgIpc) is 3.12. The highest BCUT2D eigenvalue weighted by Gasteiger charge is 2.36. The summed E-state index contributed by atoms with van der Waals surface area (Å²) in [6.45, 7) is 5.09. The van der Waals surface area contributed by atoms with Gasteiger partial charge in [0.2, 0.25) is 11.8 Å². The zero-order valence-electron chi connectivity index (χ0n) is 15.7. The first-order chi connectivity index (χ1) is 12.5. The Morgan fingerprint density at radius 3 is 2.58 bits per heavy atom. The number of rotatable bonds is 6. The molecule has 0 bridgehead atoms. The third-order valence-corrected chi connectivity index (χ3v) is 5.01. The van der Waals surface area contributed by atoms with Gasteiger partial charge >= 0.3 is 0 Å². The van der Waals surface area contributed by atoms with Gasteiger partial charge in [0, 0.05) is 26.1 Å². The van der Waals surface area contributed by atoms with Crippen molar-refractivity contribution >= 4 is 11.9 Å². The van der Waals surface area contributed by atoms with Crippen LogP contribution >= 0.6 is 0 Å². The van der Waals surface area contributed by atoms with Crippen LogP contribution in [0.4, 0.5) is 5.95 Å². The van der Waals surface area contributed by atoms with Crippen LogP contribution in [0, 0.1) is 5.41 Å². The fourth-order valence-electron chi connectivity index (χ4n) is 3.14. The van der Waals surface area contributed by atoms with E-state index in [1.807, 2.05) is 27.1 Å². The van der Waals surface area contributed by atoms with E-state index >= 15 is 0 Å². The molecule has 0 saturated carbocycles. The second-order valence-electron chi connectivity index (χ2n) is 7.39. The second kappa shape index (κ2) is 7.86. The molecule has 1 N–H and O–H groups in total. The Kier molecular flexibility index (Phi) is 5.56. The molecule has 1 aliphatic heterocycles. The van der Waals surface area contributed by atoms with E-state index in [2.05, 4.69) is 44.6 Å². The van der Waals surface area contributed by atoms with E-state index in [4.69, 9.17) is 4.52 Å². The minimum absolute atomic E-state index is 0.0569. The number of amides is 1. The highest BCUT2D eigenvalue weighted by Crippen LogP contribution is 2.31. The normalized spacial score (nSPS) is 17.0. The zero-order valence-corrected chi connectivity index (χ0v) is 15.7. The Morgan fingerprint density at radius 2 is 1.96 bits per heavy atom. The number of hydrogen-bond donors (Lipinski definition) is 1. The number of hydrogen-bond acceptors (Lipinski definition) is 6. The summed E-state index contributed by atoms with van der Waals surface area (Å²) in [5.74, 6) is 0.989. The third-order valence-electron chi connectivity index (χ3n) is 5.01. The van der Waals surface area contributed by atoms with Crippen molar-refractivity contribution in [1.82, 2.24) is 20.4 Å².